The Morgan fingerprint density at radius 2 is 2.00 bits per heavy atom. The maximum Gasteiger partial charge on any atom is 0.261 e. The van der Waals surface area contributed by atoms with E-state index in [4.69, 9.17) is 0 Å². The van der Waals surface area contributed by atoms with Gasteiger partial charge in [-0.1, -0.05) is 31.2 Å². The highest BCUT2D eigenvalue weighted by atomic mass is 32.1. The fourth-order valence-electron chi connectivity index (χ4n) is 2.17. The second-order valence-corrected chi connectivity index (χ2v) is 6.07. The smallest absolute Gasteiger partial charge is 0.261 e. The van der Waals surface area contributed by atoms with Crippen molar-refractivity contribution < 1.29 is 9.59 Å². The van der Waals surface area contributed by atoms with Crippen molar-refractivity contribution in [1.29, 1.82) is 0 Å². The average Bonchev–Trinajstić information content (AvgIpc) is 3.03. The van der Waals surface area contributed by atoms with Crippen LogP contribution in [-0.2, 0) is 11.2 Å². The third-order valence-corrected chi connectivity index (χ3v) is 4.34. The van der Waals surface area contributed by atoms with Crippen LogP contribution in [-0.4, -0.2) is 17.9 Å². The third-order valence-electron chi connectivity index (χ3n) is 3.47. The second-order valence-electron chi connectivity index (χ2n) is 5.12. The molecule has 0 bridgehead atoms. The standard InChI is InChI=1S/C17H20N2O2S/c1-4-13-8-5-7-11(2)15(13)19-16(20)12(3)18-17(21)14-9-6-10-22-14/h5-10,12H,4H2,1-3H3,(H,18,21)(H,19,20)/t12-/m0/s1. The van der Waals surface area contributed by atoms with Crippen molar-refractivity contribution in [1.82, 2.24) is 5.32 Å². The van der Waals surface area contributed by atoms with E-state index in [0.717, 1.165) is 23.2 Å². The Kier molecular flexibility index (Phi) is 5.33. The number of carbonyl (C=O) groups excluding carboxylic acids is 2. The number of amides is 2. The van der Waals surface area contributed by atoms with Gasteiger partial charge in [0.15, 0.2) is 0 Å². The molecule has 0 aliphatic rings. The lowest BCUT2D eigenvalue weighted by molar-refractivity contribution is -0.117. The Morgan fingerprint density at radius 1 is 1.23 bits per heavy atom. The molecule has 0 saturated heterocycles. The fourth-order valence-corrected chi connectivity index (χ4v) is 2.80. The summed E-state index contributed by atoms with van der Waals surface area (Å²) in [5.41, 5.74) is 2.95. The van der Waals surface area contributed by atoms with E-state index in [1.165, 1.54) is 11.3 Å². The lowest BCUT2D eigenvalue weighted by atomic mass is 10.1. The first-order valence-corrected chi connectivity index (χ1v) is 8.14. The molecular formula is C17H20N2O2S. The van der Waals surface area contributed by atoms with Crippen LogP contribution in [0.5, 0.6) is 0 Å². The lowest BCUT2D eigenvalue weighted by Gasteiger charge is -2.17. The Hall–Kier alpha value is -2.14. The molecule has 0 spiro atoms. The zero-order valence-electron chi connectivity index (χ0n) is 13.0. The molecule has 5 heteroatoms. The minimum absolute atomic E-state index is 0.214. The van der Waals surface area contributed by atoms with Crippen LogP contribution < -0.4 is 10.6 Å². The molecule has 2 amide bonds. The largest absolute Gasteiger partial charge is 0.340 e. The van der Waals surface area contributed by atoms with Gasteiger partial charge in [-0.25, -0.2) is 0 Å². The van der Waals surface area contributed by atoms with Gasteiger partial charge >= 0.3 is 0 Å². The van der Waals surface area contributed by atoms with E-state index in [2.05, 4.69) is 10.6 Å². The first kappa shape index (κ1) is 16.2. The summed E-state index contributed by atoms with van der Waals surface area (Å²) in [6.45, 7) is 5.70. The van der Waals surface area contributed by atoms with Gasteiger partial charge < -0.3 is 10.6 Å². The summed E-state index contributed by atoms with van der Waals surface area (Å²) in [4.78, 5) is 24.9. The van der Waals surface area contributed by atoms with Crippen LogP contribution in [0.2, 0.25) is 0 Å². The molecule has 0 unspecified atom stereocenters. The number of benzene rings is 1. The molecule has 1 aromatic carbocycles. The molecule has 1 atom stereocenters. The molecule has 22 heavy (non-hydrogen) atoms. The van der Waals surface area contributed by atoms with E-state index in [9.17, 15) is 9.59 Å². The van der Waals surface area contributed by atoms with E-state index in [0.29, 0.717) is 4.88 Å². The predicted molar refractivity (Wildman–Crippen MR) is 90.4 cm³/mol. The molecule has 0 fully saturated rings. The summed E-state index contributed by atoms with van der Waals surface area (Å²) >= 11 is 1.35. The van der Waals surface area contributed by atoms with E-state index >= 15 is 0 Å². The zero-order valence-corrected chi connectivity index (χ0v) is 13.8. The van der Waals surface area contributed by atoms with Gasteiger partial charge in [-0.3, -0.25) is 9.59 Å². The van der Waals surface area contributed by atoms with Crippen molar-refractivity contribution in [3.05, 3.63) is 51.7 Å². The summed E-state index contributed by atoms with van der Waals surface area (Å²) in [5, 5.41) is 7.48. The van der Waals surface area contributed by atoms with Crippen molar-refractivity contribution in [2.75, 3.05) is 5.32 Å². The van der Waals surface area contributed by atoms with Crippen molar-refractivity contribution in [2.24, 2.45) is 0 Å². The normalized spacial score (nSPS) is 11.8. The second kappa shape index (κ2) is 7.22. The van der Waals surface area contributed by atoms with Crippen LogP contribution in [0.3, 0.4) is 0 Å². The number of hydrogen-bond donors (Lipinski definition) is 2. The highest BCUT2D eigenvalue weighted by Crippen LogP contribution is 2.21. The zero-order chi connectivity index (χ0) is 16.1. The van der Waals surface area contributed by atoms with Gasteiger partial charge in [-0.15, -0.1) is 11.3 Å². The molecule has 0 saturated carbocycles. The van der Waals surface area contributed by atoms with Gasteiger partial charge in [-0.2, -0.15) is 0 Å². The van der Waals surface area contributed by atoms with Gasteiger partial charge in [-0.05, 0) is 42.8 Å². The molecule has 116 valence electrons. The van der Waals surface area contributed by atoms with Crippen molar-refractivity contribution in [3.8, 4) is 0 Å². The Bertz CT molecular complexity index is 665. The number of para-hydroxylation sites is 1. The maximum absolute atomic E-state index is 12.3. The monoisotopic (exact) mass is 316 g/mol. The molecule has 0 aliphatic carbocycles. The first-order valence-electron chi connectivity index (χ1n) is 7.26. The van der Waals surface area contributed by atoms with Crippen LogP contribution in [0.1, 0.15) is 34.6 Å². The number of nitrogens with one attached hydrogen (secondary N) is 2. The summed E-state index contributed by atoms with van der Waals surface area (Å²) < 4.78 is 0. The number of hydrogen-bond acceptors (Lipinski definition) is 3. The van der Waals surface area contributed by atoms with Gasteiger partial charge in [0.25, 0.3) is 5.91 Å². The van der Waals surface area contributed by atoms with E-state index in [1.54, 1.807) is 13.0 Å². The molecule has 1 aromatic heterocycles. The summed E-state index contributed by atoms with van der Waals surface area (Å²) in [6, 6.07) is 8.89. The van der Waals surface area contributed by atoms with Crippen LogP contribution >= 0.6 is 11.3 Å². The highest BCUT2D eigenvalue weighted by Gasteiger charge is 2.18. The molecule has 2 rings (SSSR count). The van der Waals surface area contributed by atoms with E-state index in [-0.39, 0.29) is 11.8 Å². The molecule has 0 aliphatic heterocycles. The molecular weight excluding hydrogens is 296 g/mol. The first-order chi connectivity index (χ1) is 10.5. The van der Waals surface area contributed by atoms with Crippen molar-refractivity contribution in [2.45, 2.75) is 33.2 Å². The van der Waals surface area contributed by atoms with Crippen LogP contribution in [0.4, 0.5) is 5.69 Å². The summed E-state index contributed by atoms with van der Waals surface area (Å²) in [7, 11) is 0. The summed E-state index contributed by atoms with van der Waals surface area (Å²) in [5.74, 6) is -0.438. The van der Waals surface area contributed by atoms with Crippen LogP contribution in [0, 0.1) is 6.92 Å². The minimum atomic E-state index is -0.598. The average molecular weight is 316 g/mol. The predicted octanol–water partition coefficient (Wildman–Crippen LogP) is 3.38. The highest BCUT2D eigenvalue weighted by molar-refractivity contribution is 7.12. The van der Waals surface area contributed by atoms with Gasteiger partial charge in [0.2, 0.25) is 5.91 Å². The number of aryl methyl sites for hydroxylation is 2. The van der Waals surface area contributed by atoms with Crippen LogP contribution in [0.15, 0.2) is 35.7 Å². The molecule has 1 heterocycles. The Morgan fingerprint density at radius 3 is 2.64 bits per heavy atom. The molecule has 0 radical (unpaired) electrons. The van der Waals surface area contributed by atoms with Gasteiger partial charge in [0, 0.05) is 5.69 Å². The maximum atomic E-state index is 12.3. The van der Waals surface area contributed by atoms with Crippen LogP contribution in [0.25, 0.3) is 0 Å². The molecule has 4 nitrogen and oxygen atoms in total. The fraction of sp³-hybridized carbons (Fsp3) is 0.294. The number of anilines is 1. The minimum Gasteiger partial charge on any atom is -0.340 e. The summed E-state index contributed by atoms with van der Waals surface area (Å²) in [6.07, 6.45) is 0.841. The Labute approximate surface area is 134 Å². The quantitative estimate of drug-likeness (QED) is 0.888. The number of carbonyl (C=O) groups is 2. The SMILES string of the molecule is CCc1cccc(C)c1NC(=O)[C@H](C)NC(=O)c1cccs1. The number of thiophene rings is 1. The van der Waals surface area contributed by atoms with E-state index < -0.39 is 6.04 Å². The van der Waals surface area contributed by atoms with E-state index in [1.807, 2.05) is 43.5 Å². The molecule has 2 N–H and O–H groups in total. The van der Waals surface area contributed by atoms with Gasteiger partial charge in [0.1, 0.15) is 6.04 Å². The van der Waals surface area contributed by atoms with Crippen molar-refractivity contribution >= 4 is 28.8 Å². The topological polar surface area (TPSA) is 58.2 Å². The Balaban J connectivity index is 2.04. The lowest BCUT2D eigenvalue weighted by Crippen LogP contribution is -2.41. The third kappa shape index (κ3) is 3.74. The van der Waals surface area contributed by atoms with Crippen molar-refractivity contribution in [3.63, 3.8) is 0 Å². The number of rotatable bonds is 5. The van der Waals surface area contributed by atoms with Gasteiger partial charge in [0.05, 0.1) is 4.88 Å². The molecule has 2 aromatic rings.